The van der Waals surface area contributed by atoms with E-state index in [1.165, 1.54) is 23.1 Å². The first-order valence-corrected chi connectivity index (χ1v) is 12.4. The number of rotatable bonds is 10. The Morgan fingerprint density at radius 2 is 1.94 bits per heavy atom. The fourth-order valence-corrected chi connectivity index (χ4v) is 4.55. The first-order valence-electron chi connectivity index (χ1n) is 10.5. The van der Waals surface area contributed by atoms with Gasteiger partial charge >= 0.3 is 0 Å². The van der Waals surface area contributed by atoms with Crippen molar-refractivity contribution in [2.75, 3.05) is 11.1 Å². The molecule has 2 N–H and O–H groups in total. The van der Waals surface area contributed by atoms with Gasteiger partial charge in [0.2, 0.25) is 5.91 Å². The van der Waals surface area contributed by atoms with E-state index >= 15 is 0 Å². The number of amides is 2. The van der Waals surface area contributed by atoms with Crippen molar-refractivity contribution in [2.45, 2.75) is 45.4 Å². The lowest BCUT2D eigenvalue weighted by Crippen LogP contribution is -2.33. The van der Waals surface area contributed by atoms with Crippen LogP contribution in [0.4, 0.5) is 5.13 Å². The molecule has 8 nitrogen and oxygen atoms in total. The van der Waals surface area contributed by atoms with E-state index in [-0.39, 0.29) is 29.5 Å². The molecule has 3 aromatic rings. The van der Waals surface area contributed by atoms with E-state index < -0.39 is 0 Å². The number of carbonyl (C=O) groups is 2. The molecule has 0 fully saturated rings. The van der Waals surface area contributed by atoms with Crippen LogP contribution < -0.4 is 10.6 Å². The van der Waals surface area contributed by atoms with Crippen LogP contribution >= 0.6 is 23.1 Å². The standard InChI is InChI=1S/C23H28N6O2S2/c1-6-11-29-20(19(14(2)3)26-21(31)17-9-7-15(4)8-10-17)27-28-23(29)33-13-18(30)25-22-24-16(5)12-32-22/h6-10,12,14,19H,1,11,13H2,2-5H3,(H,26,31)(H,24,25,30)/t19-/m1/s1. The van der Waals surface area contributed by atoms with Crippen molar-refractivity contribution in [3.05, 3.63) is 64.9 Å². The van der Waals surface area contributed by atoms with E-state index in [0.29, 0.717) is 28.2 Å². The third-order valence-corrected chi connectivity index (χ3v) is 6.64. The van der Waals surface area contributed by atoms with Gasteiger partial charge in [0, 0.05) is 17.5 Å². The fourth-order valence-electron chi connectivity index (χ4n) is 3.09. The summed E-state index contributed by atoms with van der Waals surface area (Å²) in [5, 5.41) is 17.6. The Hall–Kier alpha value is -2.98. The van der Waals surface area contributed by atoms with Crippen LogP contribution in [-0.2, 0) is 11.3 Å². The third-order valence-electron chi connectivity index (χ3n) is 4.80. The van der Waals surface area contributed by atoms with E-state index in [1.807, 2.05) is 49.8 Å². The van der Waals surface area contributed by atoms with Gasteiger partial charge in [-0.25, -0.2) is 4.98 Å². The Kier molecular flexibility index (Phi) is 8.40. The average molecular weight is 485 g/mol. The lowest BCUT2D eigenvalue weighted by atomic mass is 10.0. The van der Waals surface area contributed by atoms with E-state index in [9.17, 15) is 9.59 Å². The van der Waals surface area contributed by atoms with Crippen LogP contribution in [0.25, 0.3) is 0 Å². The second kappa shape index (κ2) is 11.2. The van der Waals surface area contributed by atoms with Crippen molar-refractivity contribution in [2.24, 2.45) is 5.92 Å². The van der Waals surface area contributed by atoms with Crippen molar-refractivity contribution in [3.63, 3.8) is 0 Å². The largest absolute Gasteiger partial charge is 0.342 e. The molecule has 2 amide bonds. The van der Waals surface area contributed by atoms with Crippen molar-refractivity contribution in [3.8, 4) is 0 Å². The minimum absolute atomic E-state index is 0.0708. The molecule has 0 unspecified atom stereocenters. The molecule has 0 bridgehead atoms. The van der Waals surface area contributed by atoms with E-state index in [0.717, 1.165) is 11.3 Å². The molecule has 1 aromatic carbocycles. The van der Waals surface area contributed by atoms with Gasteiger partial charge in [0.15, 0.2) is 16.1 Å². The number of hydrogen-bond acceptors (Lipinski definition) is 7. The van der Waals surface area contributed by atoms with Gasteiger partial charge in [0.05, 0.1) is 17.5 Å². The topological polar surface area (TPSA) is 102 Å². The molecule has 0 saturated carbocycles. The molecule has 2 heterocycles. The van der Waals surface area contributed by atoms with Crippen molar-refractivity contribution >= 4 is 40.0 Å². The van der Waals surface area contributed by atoms with Crippen LogP contribution in [-0.4, -0.2) is 37.3 Å². The minimum atomic E-state index is -0.354. The summed E-state index contributed by atoms with van der Waals surface area (Å²) in [6.45, 7) is 12.2. The lowest BCUT2D eigenvalue weighted by Gasteiger charge is -2.22. The molecule has 0 saturated heterocycles. The van der Waals surface area contributed by atoms with Gasteiger partial charge in [0.1, 0.15) is 0 Å². The second-order valence-electron chi connectivity index (χ2n) is 7.93. The normalized spacial score (nSPS) is 11.9. The number of thioether (sulfide) groups is 1. The number of nitrogens with zero attached hydrogens (tertiary/aromatic N) is 4. The number of allylic oxidation sites excluding steroid dienone is 1. The predicted octanol–water partition coefficient (Wildman–Crippen LogP) is 4.40. The maximum Gasteiger partial charge on any atom is 0.251 e. The zero-order valence-electron chi connectivity index (χ0n) is 19.2. The number of nitrogens with one attached hydrogen (secondary N) is 2. The zero-order valence-corrected chi connectivity index (χ0v) is 20.8. The van der Waals surface area contributed by atoms with Crippen molar-refractivity contribution in [1.29, 1.82) is 0 Å². The van der Waals surface area contributed by atoms with E-state index in [1.54, 1.807) is 18.2 Å². The van der Waals surface area contributed by atoms with Crippen LogP contribution in [0.1, 0.15) is 47.3 Å². The van der Waals surface area contributed by atoms with Gasteiger partial charge in [-0.1, -0.05) is 49.4 Å². The summed E-state index contributed by atoms with van der Waals surface area (Å²) in [5.41, 5.74) is 2.55. The summed E-state index contributed by atoms with van der Waals surface area (Å²) in [4.78, 5) is 29.4. The fraction of sp³-hybridized carbons (Fsp3) is 0.348. The maximum absolute atomic E-state index is 12.9. The number of carbonyl (C=O) groups excluding carboxylic acids is 2. The summed E-state index contributed by atoms with van der Waals surface area (Å²) in [5.74, 6) is 0.521. The van der Waals surface area contributed by atoms with Crippen molar-refractivity contribution < 1.29 is 9.59 Å². The number of aromatic nitrogens is 4. The Morgan fingerprint density at radius 3 is 2.55 bits per heavy atom. The monoisotopic (exact) mass is 484 g/mol. The molecule has 0 spiro atoms. The lowest BCUT2D eigenvalue weighted by molar-refractivity contribution is -0.113. The number of anilines is 1. The zero-order chi connectivity index (χ0) is 24.0. The molecular formula is C23H28N6O2S2. The Labute approximate surface area is 201 Å². The first-order chi connectivity index (χ1) is 15.8. The number of hydrogen-bond donors (Lipinski definition) is 2. The first kappa shape index (κ1) is 24.7. The number of thiazole rings is 1. The molecule has 0 radical (unpaired) electrons. The minimum Gasteiger partial charge on any atom is -0.342 e. The quantitative estimate of drug-likeness (QED) is 0.327. The van der Waals surface area contributed by atoms with Crippen LogP contribution in [0.5, 0.6) is 0 Å². The number of benzene rings is 1. The molecule has 0 aliphatic heterocycles. The highest BCUT2D eigenvalue weighted by atomic mass is 32.2. The molecule has 0 aliphatic carbocycles. The Balaban J connectivity index is 1.74. The number of aryl methyl sites for hydroxylation is 2. The van der Waals surface area contributed by atoms with Gasteiger partial charge in [0.25, 0.3) is 5.91 Å². The molecule has 0 aliphatic rings. The second-order valence-corrected chi connectivity index (χ2v) is 9.73. The van der Waals surface area contributed by atoms with Crippen LogP contribution in [0.3, 0.4) is 0 Å². The Morgan fingerprint density at radius 1 is 1.21 bits per heavy atom. The maximum atomic E-state index is 12.9. The van der Waals surface area contributed by atoms with Gasteiger partial charge in [-0.3, -0.25) is 9.59 Å². The highest BCUT2D eigenvalue weighted by Gasteiger charge is 2.26. The van der Waals surface area contributed by atoms with Crippen LogP contribution in [0.15, 0.2) is 47.5 Å². The van der Waals surface area contributed by atoms with Crippen LogP contribution in [0, 0.1) is 19.8 Å². The molecule has 10 heteroatoms. The van der Waals surface area contributed by atoms with Gasteiger partial charge < -0.3 is 15.2 Å². The third kappa shape index (κ3) is 6.52. The van der Waals surface area contributed by atoms with Gasteiger partial charge in [-0.15, -0.1) is 28.1 Å². The molecule has 33 heavy (non-hydrogen) atoms. The molecule has 2 aromatic heterocycles. The molecule has 1 atom stereocenters. The van der Waals surface area contributed by atoms with Gasteiger partial charge in [-0.2, -0.15) is 0 Å². The summed E-state index contributed by atoms with van der Waals surface area (Å²) in [6.07, 6.45) is 1.74. The smallest absolute Gasteiger partial charge is 0.251 e. The van der Waals surface area contributed by atoms with Gasteiger partial charge in [-0.05, 0) is 31.9 Å². The summed E-state index contributed by atoms with van der Waals surface area (Å²) >= 11 is 2.67. The SMILES string of the molecule is C=CCn1c(SCC(=O)Nc2nc(C)cs2)nnc1[C@H](NC(=O)c1ccc(C)cc1)C(C)C. The average Bonchev–Trinajstić information content (AvgIpc) is 3.36. The highest BCUT2D eigenvalue weighted by Crippen LogP contribution is 2.26. The molecule has 174 valence electrons. The molecular weight excluding hydrogens is 456 g/mol. The van der Waals surface area contributed by atoms with Crippen molar-refractivity contribution in [1.82, 2.24) is 25.1 Å². The summed E-state index contributed by atoms with van der Waals surface area (Å²) in [7, 11) is 0. The predicted molar refractivity (Wildman–Crippen MR) is 133 cm³/mol. The van der Waals surface area contributed by atoms with E-state index in [2.05, 4.69) is 32.4 Å². The van der Waals surface area contributed by atoms with Crippen LogP contribution in [0.2, 0.25) is 0 Å². The van der Waals surface area contributed by atoms with E-state index in [4.69, 9.17) is 0 Å². The Bertz CT molecular complexity index is 1120. The molecule has 3 rings (SSSR count). The highest BCUT2D eigenvalue weighted by molar-refractivity contribution is 7.99. The summed E-state index contributed by atoms with van der Waals surface area (Å²) < 4.78 is 1.89. The summed E-state index contributed by atoms with van der Waals surface area (Å²) in [6, 6.07) is 7.08.